The second kappa shape index (κ2) is 3.87. The van der Waals surface area contributed by atoms with Crippen LogP contribution in [0.1, 0.15) is 26.2 Å². The lowest BCUT2D eigenvalue weighted by atomic mass is 10.1. The predicted molar refractivity (Wildman–Crippen MR) is 49.8 cm³/mol. The summed E-state index contributed by atoms with van der Waals surface area (Å²) in [4.78, 5) is 2.37. The number of hydrogen-bond acceptors (Lipinski definition) is 3. The molecule has 0 unspecified atom stereocenters. The van der Waals surface area contributed by atoms with Gasteiger partial charge in [0, 0.05) is 19.3 Å². The van der Waals surface area contributed by atoms with E-state index in [1.165, 1.54) is 25.4 Å². The maximum absolute atomic E-state index is 3.98. The topological polar surface area (TPSA) is 34.0 Å². The first-order valence-electron chi connectivity index (χ1n) is 4.83. The smallest absolute Gasteiger partial charge is 0.152 e. The Bertz CT molecular complexity index is 238. The molecule has 0 atom stereocenters. The highest BCUT2D eigenvalue weighted by atomic mass is 15.5. The Balaban J connectivity index is 1.99. The molecule has 13 heavy (non-hydrogen) atoms. The zero-order valence-corrected chi connectivity index (χ0v) is 7.98. The Morgan fingerprint density at radius 2 is 2.00 bits per heavy atom. The van der Waals surface area contributed by atoms with Crippen molar-refractivity contribution in [1.82, 2.24) is 19.9 Å². The minimum absolute atomic E-state index is 1.16. The number of rotatable bonds is 2. The molecule has 2 rings (SSSR count). The Kier molecular flexibility index (Phi) is 2.59. The van der Waals surface area contributed by atoms with Crippen LogP contribution >= 0.6 is 0 Å². The SMILES string of the molecule is C[C](N1CCCCC1)n1ccnn1. The van der Waals surface area contributed by atoms with Gasteiger partial charge >= 0.3 is 0 Å². The molecule has 0 bridgehead atoms. The number of nitrogens with zero attached hydrogens (tertiary/aromatic N) is 4. The van der Waals surface area contributed by atoms with E-state index in [4.69, 9.17) is 0 Å². The van der Waals surface area contributed by atoms with Gasteiger partial charge in [-0.3, -0.25) is 4.90 Å². The molecule has 0 N–H and O–H groups in total. The highest BCUT2D eigenvalue weighted by Gasteiger charge is 2.19. The van der Waals surface area contributed by atoms with E-state index in [0.717, 1.165) is 13.1 Å². The molecule has 1 saturated heterocycles. The van der Waals surface area contributed by atoms with Gasteiger partial charge in [0.05, 0.1) is 6.20 Å². The van der Waals surface area contributed by atoms with Crippen LogP contribution in [-0.2, 0) is 0 Å². The molecule has 0 aromatic carbocycles. The maximum Gasteiger partial charge on any atom is 0.152 e. The van der Waals surface area contributed by atoms with Gasteiger partial charge in [0.15, 0.2) is 6.17 Å². The summed E-state index contributed by atoms with van der Waals surface area (Å²) in [6.45, 7) is 4.41. The normalized spacial score (nSPS) is 19.5. The van der Waals surface area contributed by atoms with Crippen LogP contribution in [0.3, 0.4) is 0 Å². The van der Waals surface area contributed by atoms with Crippen molar-refractivity contribution in [3.05, 3.63) is 18.6 Å². The fraction of sp³-hybridized carbons (Fsp3) is 0.667. The third kappa shape index (κ3) is 1.88. The van der Waals surface area contributed by atoms with Gasteiger partial charge in [-0.05, 0) is 19.8 Å². The van der Waals surface area contributed by atoms with Gasteiger partial charge in [-0.25, -0.2) is 4.68 Å². The molecule has 71 valence electrons. The fourth-order valence-corrected chi connectivity index (χ4v) is 1.74. The molecular weight excluding hydrogens is 164 g/mol. The minimum atomic E-state index is 1.16. The van der Waals surface area contributed by atoms with Gasteiger partial charge in [0.1, 0.15) is 0 Å². The molecule has 2 heterocycles. The molecule has 0 spiro atoms. The summed E-state index contributed by atoms with van der Waals surface area (Å²) in [5.41, 5.74) is 0. The van der Waals surface area contributed by atoms with Crippen molar-refractivity contribution in [2.75, 3.05) is 13.1 Å². The van der Waals surface area contributed by atoms with Crippen LogP contribution in [0.4, 0.5) is 0 Å². The van der Waals surface area contributed by atoms with E-state index in [0.29, 0.717) is 0 Å². The van der Waals surface area contributed by atoms with Crippen molar-refractivity contribution in [1.29, 1.82) is 0 Å². The Labute approximate surface area is 78.5 Å². The van der Waals surface area contributed by atoms with Crippen LogP contribution in [0.15, 0.2) is 12.4 Å². The van der Waals surface area contributed by atoms with Crippen molar-refractivity contribution < 1.29 is 0 Å². The zero-order chi connectivity index (χ0) is 9.10. The third-order valence-corrected chi connectivity index (χ3v) is 2.57. The van der Waals surface area contributed by atoms with Crippen molar-refractivity contribution in [3.63, 3.8) is 0 Å². The van der Waals surface area contributed by atoms with Crippen LogP contribution in [0.25, 0.3) is 0 Å². The lowest BCUT2D eigenvalue weighted by Crippen LogP contribution is -2.36. The molecule has 1 aliphatic rings. The van der Waals surface area contributed by atoms with E-state index in [9.17, 15) is 0 Å². The summed E-state index contributed by atoms with van der Waals surface area (Å²) >= 11 is 0. The maximum atomic E-state index is 3.98. The Morgan fingerprint density at radius 1 is 1.23 bits per heavy atom. The van der Waals surface area contributed by atoms with Gasteiger partial charge in [-0.1, -0.05) is 11.6 Å². The second-order valence-electron chi connectivity index (χ2n) is 3.44. The van der Waals surface area contributed by atoms with E-state index in [1.807, 2.05) is 10.9 Å². The average Bonchev–Trinajstić information content (AvgIpc) is 2.71. The molecule has 1 aromatic heterocycles. The lowest BCUT2D eigenvalue weighted by molar-refractivity contribution is 0.214. The number of likely N-dealkylation sites (tertiary alicyclic amines) is 1. The van der Waals surface area contributed by atoms with E-state index >= 15 is 0 Å². The summed E-state index contributed by atoms with van der Waals surface area (Å²) in [7, 11) is 0. The minimum Gasteiger partial charge on any atom is -0.276 e. The fourth-order valence-electron chi connectivity index (χ4n) is 1.74. The van der Waals surface area contributed by atoms with Crippen LogP contribution in [0, 0.1) is 6.17 Å². The standard InChI is InChI=1S/C9H15N4/c1-9(13-8-5-10-11-13)12-6-3-2-4-7-12/h5,8H,2-4,6-7H2,1H3. The van der Waals surface area contributed by atoms with E-state index < -0.39 is 0 Å². The molecule has 4 heteroatoms. The van der Waals surface area contributed by atoms with E-state index in [-0.39, 0.29) is 0 Å². The van der Waals surface area contributed by atoms with Gasteiger partial charge in [0.2, 0.25) is 0 Å². The van der Waals surface area contributed by atoms with Crippen LogP contribution in [0.2, 0.25) is 0 Å². The first kappa shape index (κ1) is 8.69. The second-order valence-corrected chi connectivity index (χ2v) is 3.44. The highest BCUT2D eigenvalue weighted by molar-refractivity contribution is 4.88. The molecule has 1 fully saturated rings. The number of hydrogen-bond donors (Lipinski definition) is 0. The summed E-state index contributed by atoms with van der Waals surface area (Å²) in [6, 6.07) is 0. The van der Waals surface area contributed by atoms with Crippen LogP contribution in [0.5, 0.6) is 0 Å². The largest absolute Gasteiger partial charge is 0.276 e. The average molecular weight is 179 g/mol. The van der Waals surface area contributed by atoms with Gasteiger partial charge in [-0.15, -0.1) is 5.10 Å². The molecular formula is C9H15N4. The highest BCUT2D eigenvalue weighted by Crippen LogP contribution is 2.16. The van der Waals surface area contributed by atoms with Crippen molar-refractivity contribution >= 4 is 0 Å². The Hall–Kier alpha value is -0.900. The first-order valence-corrected chi connectivity index (χ1v) is 4.83. The molecule has 4 nitrogen and oxygen atoms in total. The van der Waals surface area contributed by atoms with E-state index in [1.54, 1.807) is 6.20 Å². The summed E-state index contributed by atoms with van der Waals surface area (Å²) in [6.07, 6.45) is 8.76. The number of piperidine rings is 1. The predicted octanol–water partition coefficient (Wildman–Crippen LogP) is 1.12. The van der Waals surface area contributed by atoms with Crippen molar-refractivity contribution in [3.8, 4) is 0 Å². The Morgan fingerprint density at radius 3 is 2.62 bits per heavy atom. The molecule has 0 aliphatic carbocycles. The quantitative estimate of drug-likeness (QED) is 0.682. The first-order chi connectivity index (χ1) is 6.38. The lowest BCUT2D eigenvalue weighted by Gasteiger charge is -2.30. The van der Waals surface area contributed by atoms with Crippen LogP contribution < -0.4 is 0 Å². The summed E-state index contributed by atoms with van der Waals surface area (Å²) in [5, 5.41) is 7.78. The van der Waals surface area contributed by atoms with Gasteiger partial charge in [0.25, 0.3) is 0 Å². The molecule has 0 amide bonds. The summed E-state index contributed by atoms with van der Waals surface area (Å²) in [5.74, 6) is 0. The molecule has 1 radical (unpaired) electrons. The molecule has 0 saturated carbocycles. The van der Waals surface area contributed by atoms with Gasteiger partial charge in [-0.2, -0.15) is 0 Å². The summed E-state index contributed by atoms with van der Waals surface area (Å²) < 4.78 is 1.84. The van der Waals surface area contributed by atoms with Gasteiger partial charge < -0.3 is 0 Å². The number of aromatic nitrogens is 3. The van der Waals surface area contributed by atoms with Crippen LogP contribution in [-0.4, -0.2) is 33.0 Å². The molecule has 1 aliphatic heterocycles. The molecule has 1 aromatic rings. The van der Waals surface area contributed by atoms with Crippen molar-refractivity contribution in [2.24, 2.45) is 0 Å². The monoisotopic (exact) mass is 179 g/mol. The third-order valence-electron chi connectivity index (χ3n) is 2.57. The van der Waals surface area contributed by atoms with Crippen molar-refractivity contribution in [2.45, 2.75) is 26.2 Å². The van der Waals surface area contributed by atoms with E-state index in [2.05, 4.69) is 22.1 Å². The zero-order valence-electron chi connectivity index (χ0n) is 7.98.